The highest BCUT2D eigenvalue weighted by molar-refractivity contribution is 5.90. The van der Waals surface area contributed by atoms with Crippen LogP contribution in [0.25, 0.3) is 0 Å². The number of carbonyl (C=O) groups is 2. The Morgan fingerprint density at radius 3 is 2.39 bits per heavy atom. The van der Waals surface area contributed by atoms with Crippen molar-refractivity contribution in [2.24, 2.45) is 0 Å². The number of carboxylic acid groups (broad SMARTS) is 1. The molecule has 0 saturated heterocycles. The van der Waals surface area contributed by atoms with Crippen LogP contribution in [0.4, 0.5) is 10.5 Å². The van der Waals surface area contributed by atoms with Crippen LogP contribution in [0, 0.1) is 0 Å². The molecule has 2 aromatic carbocycles. The van der Waals surface area contributed by atoms with Gasteiger partial charge in [-0.25, -0.2) is 9.78 Å². The molecular weight excluding hydrogens is 420 g/mol. The lowest BCUT2D eigenvalue weighted by molar-refractivity contribution is -0.116. The molecule has 3 aromatic rings. The van der Waals surface area contributed by atoms with E-state index in [1.807, 2.05) is 30.3 Å². The number of pyridine rings is 1. The topological polar surface area (TPSA) is 97.8 Å². The van der Waals surface area contributed by atoms with Crippen molar-refractivity contribution in [3.8, 4) is 11.6 Å². The highest BCUT2D eigenvalue weighted by Crippen LogP contribution is 2.17. The minimum atomic E-state index is -1.46. The van der Waals surface area contributed by atoms with Gasteiger partial charge in [-0.15, -0.1) is 0 Å². The van der Waals surface area contributed by atoms with E-state index >= 15 is 0 Å². The number of nitrogens with zero attached hydrogens (tertiary/aromatic N) is 1. The fourth-order valence-electron chi connectivity index (χ4n) is 3.31. The molecule has 0 aliphatic heterocycles. The predicted octanol–water partition coefficient (Wildman–Crippen LogP) is 5.50. The number of nitrogens with one attached hydrogen (secondary N) is 1. The molecule has 0 bridgehead atoms. The first-order valence-electron chi connectivity index (χ1n) is 11.0. The number of carbonyl (C=O) groups excluding carboxylic acids is 1. The van der Waals surface area contributed by atoms with Crippen LogP contribution >= 0.6 is 0 Å². The fraction of sp³-hybridized carbons (Fsp3) is 0.269. The quantitative estimate of drug-likeness (QED) is 0.280. The number of ether oxygens (including phenoxy) is 2. The van der Waals surface area contributed by atoms with Crippen molar-refractivity contribution < 1.29 is 24.2 Å². The Kier molecular flexibility index (Phi) is 9.27. The van der Waals surface area contributed by atoms with Crippen LogP contribution in [0.2, 0.25) is 0 Å². The average Bonchev–Trinajstić information content (AvgIpc) is 2.81. The van der Waals surface area contributed by atoms with E-state index < -0.39 is 6.16 Å². The van der Waals surface area contributed by atoms with Crippen LogP contribution in [0.1, 0.15) is 36.8 Å². The van der Waals surface area contributed by atoms with E-state index in [9.17, 15) is 9.59 Å². The summed E-state index contributed by atoms with van der Waals surface area (Å²) in [6.07, 6.45) is 5.18. The average molecular weight is 449 g/mol. The number of rotatable bonds is 12. The lowest BCUT2D eigenvalue weighted by Gasteiger charge is -2.08. The lowest BCUT2D eigenvalue weighted by Crippen LogP contribution is -2.13. The Bertz CT molecular complexity index is 1020. The molecule has 1 heterocycles. The zero-order chi connectivity index (χ0) is 23.3. The van der Waals surface area contributed by atoms with Gasteiger partial charge in [0, 0.05) is 24.4 Å². The number of hydrogen-bond acceptors (Lipinski definition) is 5. The van der Waals surface area contributed by atoms with Gasteiger partial charge in [-0.3, -0.25) is 4.79 Å². The number of benzene rings is 2. The number of hydrogen-bond donors (Lipinski definition) is 2. The van der Waals surface area contributed by atoms with Gasteiger partial charge in [0.2, 0.25) is 11.8 Å². The van der Waals surface area contributed by atoms with E-state index in [0.717, 1.165) is 37.0 Å². The maximum atomic E-state index is 12.2. The zero-order valence-electron chi connectivity index (χ0n) is 18.4. The number of amides is 1. The maximum absolute atomic E-state index is 12.2. The molecule has 0 spiro atoms. The Morgan fingerprint density at radius 1 is 0.879 bits per heavy atom. The van der Waals surface area contributed by atoms with Gasteiger partial charge >= 0.3 is 6.16 Å². The van der Waals surface area contributed by atoms with Crippen molar-refractivity contribution in [3.05, 3.63) is 84.1 Å². The summed E-state index contributed by atoms with van der Waals surface area (Å²) in [5.74, 6) is 0.555. The normalized spacial score (nSPS) is 10.4. The zero-order valence-corrected chi connectivity index (χ0v) is 18.4. The van der Waals surface area contributed by atoms with Gasteiger partial charge in [0.05, 0.1) is 6.61 Å². The highest BCUT2D eigenvalue weighted by Gasteiger charge is 2.07. The Morgan fingerprint density at radius 2 is 1.64 bits per heavy atom. The lowest BCUT2D eigenvalue weighted by atomic mass is 10.1. The van der Waals surface area contributed by atoms with Crippen molar-refractivity contribution in [1.29, 1.82) is 0 Å². The molecule has 1 aromatic heterocycles. The summed E-state index contributed by atoms with van der Waals surface area (Å²) >= 11 is 0. The number of aryl methyl sites for hydroxylation is 2. The second kappa shape index (κ2) is 12.9. The van der Waals surface area contributed by atoms with Gasteiger partial charge < -0.3 is 19.9 Å². The van der Waals surface area contributed by atoms with Crippen LogP contribution in [0.3, 0.4) is 0 Å². The predicted molar refractivity (Wildman–Crippen MR) is 126 cm³/mol. The fourth-order valence-corrected chi connectivity index (χ4v) is 3.31. The molecule has 172 valence electrons. The molecule has 0 unspecified atom stereocenters. The molecule has 0 aliphatic carbocycles. The minimum Gasteiger partial charge on any atom is -0.494 e. The summed E-state index contributed by atoms with van der Waals surface area (Å²) in [5.41, 5.74) is 2.84. The third-order valence-corrected chi connectivity index (χ3v) is 5.00. The smallest absolute Gasteiger partial charge is 0.494 e. The van der Waals surface area contributed by atoms with Crippen LogP contribution in [-0.2, 0) is 17.6 Å². The van der Waals surface area contributed by atoms with Crippen molar-refractivity contribution in [3.63, 3.8) is 0 Å². The second-order valence-corrected chi connectivity index (χ2v) is 7.59. The summed E-state index contributed by atoms with van der Waals surface area (Å²) in [6.45, 7) is 0.691. The first kappa shape index (κ1) is 23.8. The summed E-state index contributed by atoms with van der Waals surface area (Å²) < 4.78 is 10.3. The molecule has 0 atom stereocenters. The summed E-state index contributed by atoms with van der Waals surface area (Å²) in [4.78, 5) is 26.5. The van der Waals surface area contributed by atoms with Gasteiger partial charge in [0.25, 0.3) is 0 Å². The molecule has 7 heteroatoms. The van der Waals surface area contributed by atoms with Gasteiger partial charge in [-0.1, -0.05) is 42.5 Å². The summed E-state index contributed by atoms with van der Waals surface area (Å²) in [6, 6.07) is 21.2. The third kappa shape index (κ3) is 9.03. The van der Waals surface area contributed by atoms with Gasteiger partial charge in [0.1, 0.15) is 5.75 Å². The maximum Gasteiger partial charge on any atom is 0.512 e. The van der Waals surface area contributed by atoms with Crippen molar-refractivity contribution in [1.82, 2.24) is 4.98 Å². The minimum absolute atomic E-state index is 0.0907. The SMILES string of the molecule is O=C(CCc1ccc(OCCCCCc2ccccc2)cc1)Nc1ccnc(OC(=O)O)c1. The van der Waals surface area contributed by atoms with E-state index in [1.165, 1.54) is 17.8 Å². The molecule has 1 amide bonds. The molecule has 0 saturated carbocycles. The Hall–Kier alpha value is -3.87. The molecular formula is C26H28N2O5. The molecule has 33 heavy (non-hydrogen) atoms. The Balaban J connectivity index is 1.32. The van der Waals surface area contributed by atoms with E-state index in [0.29, 0.717) is 25.1 Å². The highest BCUT2D eigenvalue weighted by atomic mass is 16.7. The summed E-state index contributed by atoms with van der Waals surface area (Å²) in [7, 11) is 0. The van der Waals surface area contributed by atoms with E-state index in [2.05, 4.69) is 39.3 Å². The first-order valence-corrected chi connectivity index (χ1v) is 11.0. The van der Waals surface area contributed by atoms with Crippen molar-refractivity contribution >= 4 is 17.7 Å². The molecule has 0 aliphatic rings. The molecule has 7 nitrogen and oxygen atoms in total. The van der Waals surface area contributed by atoms with E-state index in [-0.39, 0.29) is 11.8 Å². The van der Waals surface area contributed by atoms with Crippen LogP contribution in [0.5, 0.6) is 11.6 Å². The Labute approximate surface area is 193 Å². The molecule has 0 radical (unpaired) electrons. The molecule has 0 fully saturated rings. The van der Waals surface area contributed by atoms with Gasteiger partial charge in [-0.05, 0) is 61.4 Å². The number of aromatic nitrogens is 1. The molecule has 3 rings (SSSR count). The van der Waals surface area contributed by atoms with Crippen molar-refractivity contribution in [2.75, 3.05) is 11.9 Å². The summed E-state index contributed by atoms with van der Waals surface area (Å²) in [5, 5.41) is 11.3. The van der Waals surface area contributed by atoms with Crippen LogP contribution in [-0.4, -0.2) is 28.8 Å². The first-order chi connectivity index (χ1) is 16.1. The number of anilines is 1. The van der Waals surface area contributed by atoms with Crippen molar-refractivity contribution in [2.45, 2.75) is 38.5 Å². The largest absolute Gasteiger partial charge is 0.512 e. The van der Waals surface area contributed by atoms with Crippen LogP contribution in [0.15, 0.2) is 72.9 Å². The number of unbranched alkanes of at least 4 members (excludes halogenated alkanes) is 2. The van der Waals surface area contributed by atoms with E-state index in [1.54, 1.807) is 6.07 Å². The monoisotopic (exact) mass is 448 g/mol. The standard InChI is InChI=1S/C26H28N2O5/c29-24(28-22-16-17-27-25(19-22)33-26(30)31)15-12-21-10-13-23(14-11-21)32-18-6-2-5-9-20-7-3-1-4-8-20/h1,3-4,7-8,10-11,13-14,16-17,19H,2,5-6,9,12,15,18H2,(H,30,31)(H,27,28,29). The van der Waals surface area contributed by atoms with Gasteiger partial charge in [0.15, 0.2) is 0 Å². The third-order valence-electron chi connectivity index (χ3n) is 5.00. The second-order valence-electron chi connectivity index (χ2n) is 7.59. The van der Waals surface area contributed by atoms with Crippen LogP contribution < -0.4 is 14.8 Å². The molecule has 2 N–H and O–H groups in total. The van der Waals surface area contributed by atoms with E-state index in [4.69, 9.17) is 9.84 Å². The van der Waals surface area contributed by atoms with Gasteiger partial charge in [-0.2, -0.15) is 0 Å².